The van der Waals surface area contributed by atoms with Crippen molar-refractivity contribution in [3.05, 3.63) is 71.8 Å². The van der Waals surface area contributed by atoms with Gasteiger partial charge in [0.1, 0.15) is 18.3 Å². The van der Waals surface area contributed by atoms with E-state index in [0.29, 0.717) is 6.61 Å². The predicted octanol–water partition coefficient (Wildman–Crippen LogP) is 3.20. The summed E-state index contributed by atoms with van der Waals surface area (Å²) < 4.78 is 35.5. The number of ether oxygens (including phenoxy) is 6. The molecule has 0 aliphatic carbocycles. The van der Waals surface area contributed by atoms with Gasteiger partial charge in [0.25, 0.3) is 0 Å². The van der Waals surface area contributed by atoms with Crippen molar-refractivity contribution in [2.45, 2.75) is 37.2 Å². The minimum Gasteiger partial charge on any atom is -0.353 e. The molecule has 2 fully saturated rings. The fourth-order valence-electron chi connectivity index (χ4n) is 3.50. The molecule has 2 aliphatic rings. The van der Waals surface area contributed by atoms with Crippen LogP contribution in [-0.2, 0) is 28.4 Å². The molecule has 2 aromatic rings. The summed E-state index contributed by atoms with van der Waals surface area (Å²) in [5.74, 6) is 0. The first kappa shape index (κ1) is 18.6. The van der Waals surface area contributed by atoms with Gasteiger partial charge in [0.2, 0.25) is 0 Å². The van der Waals surface area contributed by atoms with E-state index in [1.807, 2.05) is 60.7 Å². The Hall–Kier alpha value is -1.80. The van der Waals surface area contributed by atoms with E-state index >= 15 is 0 Å². The molecule has 0 amide bonds. The number of methoxy groups -OCH3 is 2. The van der Waals surface area contributed by atoms with Gasteiger partial charge in [0, 0.05) is 25.3 Å². The molecule has 0 bridgehead atoms. The molecular weight excluding hydrogens is 348 g/mol. The van der Waals surface area contributed by atoms with Crippen LogP contribution in [0.1, 0.15) is 23.7 Å². The van der Waals surface area contributed by atoms with Crippen LogP contribution in [0.3, 0.4) is 0 Å². The van der Waals surface area contributed by atoms with Crippen LogP contribution in [0.25, 0.3) is 0 Å². The van der Waals surface area contributed by atoms with Gasteiger partial charge in [-0.25, -0.2) is 0 Å². The number of fused-ring (bicyclic) bond motifs is 1. The lowest BCUT2D eigenvalue weighted by atomic mass is 10.0. The van der Waals surface area contributed by atoms with E-state index in [-0.39, 0.29) is 12.2 Å². The molecule has 5 atom stereocenters. The molecular formula is C21H24O6. The van der Waals surface area contributed by atoms with E-state index < -0.39 is 25.0 Å². The molecule has 2 saturated heterocycles. The Balaban J connectivity index is 1.58. The number of hydrogen-bond donors (Lipinski definition) is 0. The van der Waals surface area contributed by atoms with Crippen molar-refractivity contribution in [1.82, 2.24) is 0 Å². The van der Waals surface area contributed by atoms with Gasteiger partial charge in [-0.3, -0.25) is 0 Å². The summed E-state index contributed by atoms with van der Waals surface area (Å²) in [6.45, 7) is 0.396. The van der Waals surface area contributed by atoms with Crippen LogP contribution in [0, 0.1) is 0 Å². The molecule has 0 radical (unpaired) electrons. The van der Waals surface area contributed by atoms with Gasteiger partial charge in [-0.05, 0) is 0 Å². The highest BCUT2D eigenvalue weighted by Gasteiger charge is 2.48. The first-order chi connectivity index (χ1) is 13.3. The van der Waals surface area contributed by atoms with Crippen molar-refractivity contribution in [3.8, 4) is 0 Å². The lowest BCUT2D eigenvalue weighted by Crippen LogP contribution is -2.58. The Bertz CT molecular complexity index is 705. The van der Waals surface area contributed by atoms with Gasteiger partial charge < -0.3 is 28.4 Å². The molecule has 0 saturated carbocycles. The van der Waals surface area contributed by atoms with E-state index in [2.05, 4.69) is 0 Å². The van der Waals surface area contributed by atoms with Crippen molar-refractivity contribution in [2.24, 2.45) is 0 Å². The van der Waals surface area contributed by atoms with Crippen LogP contribution >= 0.6 is 0 Å². The maximum absolute atomic E-state index is 6.23. The average Bonchev–Trinajstić information content (AvgIpc) is 2.75. The van der Waals surface area contributed by atoms with Gasteiger partial charge in [0.15, 0.2) is 18.9 Å². The normalized spacial score (nSPS) is 30.9. The topological polar surface area (TPSA) is 55.4 Å². The molecule has 0 spiro atoms. The summed E-state index contributed by atoms with van der Waals surface area (Å²) in [5.41, 5.74) is 1.88. The second kappa shape index (κ2) is 8.48. The summed E-state index contributed by atoms with van der Waals surface area (Å²) in [7, 11) is 3.18. The first-order valence-corrected chi connectivity index (χ1v) is 9.03. The lowest BCUT2D eigenvalue weighted by molar-refractivity contribution is -0.387. The van der Waals surface area contributed by atoms with Gasteiger partial charge in [-0.15, -0.1) is 0 Å². The van der Waals surface area contributed by atoms with Crippen LogP contribution in [0.4, 0.5) is 0 Å². The molecule has 27 heavy (non-hydrogen) atoms. The van der Waals surface area contributed by atoms with Gasteiger partial charge in [-0.2, -0.15) is 0 Å². The molecule has 2 aromatic carbocycles. The quantitative estimate of drug-likeness (QED) is 0.752. The number of hydrogen-bond acceptors (Lipinski definition) is 6. The number of rotatable bonds is 5. The van der Waals surface area contributed by atoms with Crippen molar-refractivity contribution >= 4 is 0 Å². The van der Waals surface area contributed by atoms with Crippen LogP contribution < -0.4 is 0 Å². The zero-order valence-corrected chi connectivity index (χ0v) is 15.4. The van der Waals surface area contributed by atoms with Crippen LogP contribution in [0.5, 0.6) is 0 Å². The van der Waals surface area contributed by atoms with Crippen molar-refractivity contribution in [3.63, 3.8) is 0 Å². The lowest BCUT2D eigenvalue weighted by Gasteiger charge is -2.47. The van der Waals surface area contributed by atoms with E-state index in [9.17, 15) is 0 Å². The monoisotopic (exact) mass is 372 g/mol. The molecule has 2 heterocycles. The fraction of sp³-hybridized carbons (Fsp3) is 0.429. The van der Waals surface area contributed by atoms with Crippen molar-refractivity contribution < 1.29 is 28.4 Å². The maximum atomic E-state index is 6.23. The molecule has 6 heteroatoms. The highest BCUT2D eigenvalue weighted by molar-refractivity contribution is 5.18. The average molecular weight is 372 g/mol. The fourth-order valence-corrected chi connectivity index (χ4v) is 3.50. The van der Waals surface area contributed by atoms with E-state index in [1.165, 1.54) is 0 Å². The van der Waals surface area contributed by atoms with Gasteiger partial charge in [-0.1, -0.05) is 60.7 Å². The smallest absolute Gasteiger partial charge is 0.185 e. The highest BCUT2D eigenvalue weighted by atomic mass is 16.8. The van der Waals surface area contributed by atoms with Crippen molar-refractivity contribution in [2.75, 3.05) is 20.8 Å². The van der Waals surface area contributed by atoms with Gasteiger partial charge >= 0.3 is 0 Å². The summed E-state index contributed by atoms with van der Waals surface area (Å²) in [5, 5.41) is 0. The molecule has 6 nitrogen and oxygen atoms in total. The second-order valence-corrected chi connectivity index (χ2v) is 6.53. The Morgan fingerprint density at radius 1 is 0.778 bits per heavy atom. The molecule has 0 aromatic heterocycles. The Morgan fingerprint density at radius 3 is 1.96 bits per heavy atom. The standard InChI is InChI=1S/C21H24O6/c1-22-21(23-2)18-17-16(25-20(27-18)15-11-7-4-8-12-15)13-24-19(26-17)14-9-5-3-6-10-14/h3-12,16-21H,13H2,1-2H3/t16-,17+,18-,19?,20?/m1/s1. The molecule has 4 rings (SSSR count). The molecule has 144 valence electrons. The predicted molar refractivity (Wildman–Crippen MR) is 96.7 cm³/mol. The second-order valence-electron chi connectivity index (χ2n) is 6.53. The third kappa shape index (κ3) is 3.91. The summed E-state index contributed by atoms with van der Waals surface area (Å²) in [6.07, 6.45) is -2.73. The minimum absolute atomic E-state index is 0.290. The Kier molecular flexibility index (Phi) is 5.83. The minimum atomic E-state index is -0.581. The SMILES string of the molecule is COC(OC)[C@@H]1OC(c2ccccc2)O[C@@H]2COC(c3ccccc3)O[C@@H]21. The van der Waals surface area contributed by atoms with Gasteiger partial charge in [0.05, 0.1) is 6.61 Å². The molecule has 2 unspecified atom stereocenters. The highest BCUT2D eigenvalue weighted by Crippen LogP contribution is 2.39. The largest absolute Gasteiger partial charge is 0.353 e. The third-order valence-corrected chi connectivity index (χ3v) is 4.84. The summed E-state index contributed by atoms with van der Waals surface area (Å²) in [6, 6.07) is 19.6. The molecule has 2 aliphatic heterocycles. The van der Waals surface area contributed by atoms with E-state index in [4.69, 9.17) is 28.4 Å². The number of benzene rings is 2. The molecule has 0 N–H and O–H groups in total. The van der Waals surface area contributed by atoms with Crippen molar-refractivity contribution in [1.29, 1.82) is 0 Å². The van der Waals surface area contributed by atoms with Crippen LogP contribution in [0.15, 0.2) is 60.7 Å². The van der Waals surface area contributed by atoms with Crippen LogP contribution in [0.2, 0.25) is 0 Å². The van der Waals surface area contributed by atoms with E-state index in [0.717, 1.165) is 11.1 Å². The van der Waals surface area contributed by atoms with Crippen LogP contribution in [-0.4, -0.2) is 45.4 Å². The Morgan fingerprint density at radius 2 is 1.37 bits per heavy atom. The summed E-state index contributed by atoms with van der Waals surface area (Å²) in [4.78, 5) is 0. The third-order valence-electron chi connectivity index (χ3n) is 4.84. The zero-order chi connectivity index (χ0) is 18.6. The Labute approximate surface area is 158 Å². The first-order valence-electron chi connectivity index (χ1n) is 9.03. The van der Waals surface area contributed by atoms with E-state index in [1.54, 1.807) is 14.2 Å². The maximum Gasteiger partial charge on any atom is 0.185 e. The summed E-state index contributed by atoms with van der Waals surface area (Å²) >= 11 is 0. The zero-order valence-electron chi connectivity index (χ0n) is 15.4.